The third-order valence-corrected chi connectivity index (χ3v) is 2.61. The number of rotatable bonds is 5. The van der Waals surface area contributed by atoms with Gasteiger partial charge in [0, 0.05) is 11.8 Å². The van der Waals surface area contributed by atoms with Crippen LogP contribution in [-0.4, -0.2) is 30.9 Å². The van der Waals surface area contributed by atoms with Gasteiger partial charge in [-0.1, -0.05) is 13.3 Å². The minimum absolute atomic E-state index is 0.171. The number of aromatic nitrogens is 5. The molecule has 96 valence electrons. The van der Waals surface area contributed by atoms with Crippen molar-refractivity contribution in [1.82, 2.24) is 25.0 Å². The first-order chi connectivity index (χ1) is 8.70. The molecule has 0 aromatic carbocycles. The molecule has 1 atom stereocenters. The van der Waals surface area contributed by atoms with Crippen LogP contribution in [0.15, 0.2) is 18.7 Å². The van der Waals surface area contributed by atoms with E-state index in [-0.39, 0.29) is 5.91 Å². The highest BCUT2D eigenvalue weighted by molar-refractivity contribution is 5.92. The van der Waals surface area contributed by atoms with Crippen molar-refractivity contribution < 1.29 is 4.79 Å². The lowest BCUT2D eigenvalue weighted by atomic mass is 10.2. The monoisotopic (exact) mass is 248 g/mol. The van der Waals surface area contributed by atoms with Crippen LogP contribution in [0.25, 0.3) is 0 Å². The number of hydrogen-bond acceptors (Lipinski definition) is 4. The van der Waals surface area contributed by atoms with E-state index in [4.69, 9.17) is 0 Å². The van der Waals surface area contributed by atoms with Crippen molar-refractivity contribution >= 4 is 11.7 Å². The predicted octanol–water partition coefficient (Wildman–Crippen LogP) is 1.15. The Labute approximate surface area is 105 Å². The Balaban J connectivity index is 1.98. The molecule has 0 aliphatic rings. The van der Waals surface area contributed by atoms with Gasteiger partial charge in [-0.3, -0.25) is 9.89 Å². The van der Waals surface area contributed by atoms with Gasteiger partial charge in [0.2, 0.25) is 5.91 Å². The largest absolute Gasteiger partial charge is 0.307 e. The van der Waals surface area contributed by atoms with E-state index in [9.17, 15) is 4.79 Å². The first-order valence-electron chi connectivity index (χ1n) is 5.90. The van der Waals surface area contributed by atoms with Crippen LogP contribution in [-0.2, 0) is 11.2 Å². The van der Waals surface area contributed by atoms with Crippen molar-refractivity contribution in [2.45, 2.75) is 32.7 Å². The maximum absolute atomic E-state index is 11.9. The van der Waals surface area contributed by atoms with Crippen molar-refractivity contribution in [3.8, 4) is 0 Å². The second kappa shape index (κ2) is 5.44. The summed E-state index contributed by atoms with van der Waals surface area (Å²) in [6, 6.07) is 1.42. The van der Waals surface area contributed by atoms with Crippen LogP contribution >= 0.6 is 0 Å². The molecular formula is C11H16N6O. The van der Waals surface area contributed by atoms with E-state index in [0.717, 1.165) is 18.5 Å². The van der Waals surface area contributed by atoms with Crippen molar-refractivity contribution in [3.05, 3.63) is 24.4 Å². The average Bonchev–Trinajstić information content (AvgIpc) is 3.00. The van der Waals surface area contributed by atoms with Crippen molar-refractivity contribution in [1.29, 1.82) is 0 Å². The molecule has 7 heteroatoms. The average molecular weight is 248 g/mol. The first-order valence-corrected chi connectivity index (χ1v) is 5.90. The van der Waals surface area contributed by atoms with Crippen LogP contribution in [0.4, 0.5) is 5.82 Å². The van der Waals surface area contributed by atoms with E-state index >= 15 is 0 Å². The summed E-state index contributed by atoms with van der Waals surface area (Å²) in [6.07, 6.45) is 4.86. The molecule has 2 aromatic heterocycles. The summed E-state index contributed by atoms with van der Waals surface area (Å²) < 4.78 is 1.49. The minimum atomic E-state index is -0.418. The molecule has 1 amide bonds. The molecule has 7 nitrogen and oxygen atoms in total. The Kier molecular flexibility index (Phi) is 3.71. The Hall–Kier alpha value is -2.18. The molecule has 0 fully saturated rings. The van der Waals surface area contributed by atoms with Gasteiger partial charge in [0.25, 0.3) is 0 Å². The topological polar surface area (TPSA) is 88.5 Å². The van der Waals surface area contributed by atoms with E-state index in [1.807, 2.05) is 6.07 Å². The standard InChI is InChI=1S/C11H16N6O/c1-3-4-9-5-10(16-15-9)14-11(18)8(2)17-7-12-6-13-17/h5-8H,3-4H2,1-2H3,(H2,14,15,16,18). The van der Waals surface area contributed by atoms with Gasteiger partial charge in [0.15, 0.2) is 5.82 Å². The Morgan fingerprint density at radius 2 is 2.44 bits per heavy atom. The molecule has 0 radical (unpaired) electrons. The van der Waals surface area contributed by atoms with Crippen molar-refractivity contribution in [3.63, 3.8) is 0 Å². The molecule has 0 aliphatic carbocycles. The fourth-order valence-electron chi connectivity index (χ4n) is 1.59. The Morgan fingerprint density at radius 1 is 1.61 bits per heavy atom. The number of hydrogen-bond donors (Lipinski definition) is 2. The van der Waals surface area contributed by atoms with Crippen LogP contribution in [0.2, 0.25) is 0 Å². The van der Waals surface area contributed by atoms with Gasteiger partial charge in [0.05, 0.1) is 0 Å². The molecule has 0 spiro atoms. The van der Waals surface area contributed by atoms with Crippen LogP contribution in [0.1, 0.15) is 32.0 Å². The summed E-state index contributed by atoms with van der Waals surface area (Å²) in [6.45, 7) is 3.84. The molecule has 0 saturated heterocycles. The molecule has 0 saturated carbocycles. The number of aryl methyl sites for hydroxylation is 1. The highest BCUT2D eigenvalue weighted by Gasteiger charge is 2.16. The summed E-state index contributed by atoms with van der Waals surface area (Å²) >= 11 is 0. The highest BCUT2D eigenvalue weighted by Crippen LogP contribution is 2.10. The number of aromatic amines is 1. The maximum atomic E-state index is 11.9. The van der Waals surface area contributed by atoms with Crippen molar-refractivity contribution in [2.75, 3.05) is 5.32 Å². The number of carbonyl (C=O) groups excluding carboxylic acids is 1. The number of H-pyrrole nitrogens is 1. The second-order valence-electron chi connectivity index (χ2n) is 4.07. The normalized spacial score (nSPS) is 12.3. The third-order valence-electron chi connectivity index (χ3n) is 2.61. The van der Waals surface area contributed by atoms with Gasteiger partial charge in [-0.25, -0.2) is 9.67 Å². The number of amides is 1. The summed E-state index contributed by atoms with van der Waals surface area (Å²) in [7, 11) is 0. The number of anilines is 1. The van der Waals surface area contributed by atoms with E-state index in [1.54, 1.807) is 6.92 Å². The van der Waals surface area contributed by atoms with Crippen molar-refractivity contribution in [2.24, 2.45) is 0 Å². The number of nitrogens with one attached hydrogen (secondary N) is 2. The van der Waals surface area contributed by atoms with Gasteiger partial charge >= 0.3 is 0 Å². The van der Waals surface area contributed by atoms with Crippen LogP contribution in [0, 0.1) is 0 Å². The van der Waals surface area contributed by atoms with E-state index in [0.29, 0.717) is 5.82 Å². The summed E-state index contributed by atoms with van der Waals surface area (Å²) in [4.78, 5) is 15.7. The molecule has 0 aliphatic heterocycles. The van der Waals surface area contributed by atoms with Crippen LogP contribution < -0.4 is 5.32 Å². The van der Waals surface area contributed by atoms with E-state index in [1.165, 1.54) is 17.3 Å². The molecular weight excluding hydrogens is 232 g/mol. The SMILES string of the molecule is CCCc1cc(NC(=O)C(C)n2cncn2)n[nH]1. The quantitative estimate of drug-likeness (QED) is 0.830. The lowest BCUT2D eigenvalue weighted by molar-refractivity contribution is -0.119. The lowest BCUT2D eigenvalue weighted by Gasteiger charge is -2.09. The molecule has 2 rings (SSSR count). The van der Waals surface area contributed by atoms with Gasteiger partial charge in [-0.2, -0.15) is 10.2 Å². The van der Waals surface area contributed by atoms with E-state index < -0.39 is 6.04 Å². The lowest BCUT2D eigenvalue weighted by Crippen LogP contribution is -2.24. The van der Waals surface area contributed by atoms with Gasteiger partial charge in [-0.05, 0) is 13.3 Å². The molecule has 2 aromatic rings. The van der Waals surface area contributed by atoms with Crippen LogP contribution in [0.3, 0.4) is 0 Å². The van der Waals surface area contributed by atoms with Gasteiger partial charge in [-0.15, -0.1) is 0 Å². The summed E-state index contributed by atoms with van der Waals surface area (Å²) in [5, 5.41) is 13.6. The molecule has 1 unspecified atom stereocenters. The number of carbonyl (C=O) groups is 1. The highest BCUT2D eigenvalue weighted by atomic mass is 16.2. The first kappa shape index (κ1) is 12.3. The Bertz CT molecular complexity index is 503. The molecule has 2 heterocycles. The smallest absolute Gasteiger partial charge is 0.250 e. The van der Waals surface area contributed by atoms with Gasteiger partial charge < -0.3 is 5.32 Å². The van der Waals surface area contributed by atoms with Crippen LogP contribution in [0.5, 0.6) is 0 Å². The zero-order chi connectivity index (χ0) is 13.0. The molecule has 18 heavy (non-hydrogen) atoms. The second-order valence-corrected chi connectivity index (χ2v) is 4.07. The summed E-state index contributed by atoms with van der Waals surface area (Å²) in [5.41, 5.74) is 1.02. The fraction of sp³-hybridized carbons (Fsp3) is 0.455. The number of nitrogens with zero attached hydrogens (tertiary/aromatic N) is 4. The van der Waals surface area contributed by atoms with E-state index in [2.05, 4.69) is 32.5 Å². The predicted molar refractivity (Wildman–Crippen MR) is 65.9 cm³/mol. The summed E-state index contributed by atoms with van der Waals surface area (Å²) in [5.74, 6) is 0.366. The third kappa shape index (κ3) is 2.73. The zero-order valence-corrected chi connectivity index (χ0v) is 10.4. The minimum Gasteiger partial charge on any atom is -0.307 e. The zero-order valence-electron chi connectivity index (χ0n) is 10.4. The maximum Gasteiger partial charge on any atom is 0.250 e. The van der Waals surface area contributed by atoms with Gasteiger partial charge in [0.1, 0.15) is 18.7 Å². The fourth-order valence-corrected chi connectivity index (χ4v) is 1.59. The molecule has 0 bridgehead atoms. The Morgan fingerprint density at radius 3 is 3.11 bits per heavy atom. The molecule has 2 N–H and O–H groups in total.